The summed E-state index contributed by atoms with van der Waals surface area (Å²) in [6.07, 6.45) is 4.02. The van der Waals surface area contributed by atoms with Crippen LogP contribution < -0.4 is 15.3 Å². The molecule has 0 amide bonds. The first-order valence-corrected chi connectivity index (χ1v) is 43.4. The molecule has 1 aliphatic heterocycles. The van der Waals surface area contributed by atoms with Crippen LogP contribution in [0.5, 0.6) is 0 Å². The van der Waals surface area contributed by atoms with Gasteiger partial charge in [0.1, 0.15) is 30.9 Å². The first-order valence-electron chi connectivity index (χ1n) is 40.4. The number of benzene rings is 15. The predicted molar refractivity (Wildman–Crippen MR) is 494 cm³/mol. The zero-order valence-electron chi connectivity index (χ0n) is 65.6. The van der Waals surface area contributed by atoms with Crippen LogP contribution in [0, 0.1) is 0 Å². The van der Waals surface area contributed by atoms with E-state index in [1.54, 1.807) is 0 Å². The lowest BCUT2D eigenvalue weighted by molar-refractivity contribution is 0.669. The molecule has 566 valence electrons. The number of anilines is 3. The zero-order valence-corrected chi connectivity index (χ0v) is 66.6. The van der Waals surface area contributed by atoms with Crippen LogP contribution in [0.2, 0.25) is 13.1 Å². The number of hydrogen-bond donors (Lipinski definition) is 0. The highest BCUT2D eigenvalue weighted by Gasteiger charge is 2.40. The fraction of sp³-hybridized carbons (Fsp3) is 0.0185. The quantitative estimate of drug-likeness (QED) is 0.0972. The SMILES string of the molecule is C[Si]1(C)c2ccccc2N(c2ncc(-c3cc(-c4ccccc4)ccc3-c3ccccc3)cc2-c2nc(-c3ccccc3)nc(-c3ccccc3)n2)c2ccccc21.c1ccc(-c2ccc(-c3ccccc3)c(-c3cnc(-n4c5ccccc5c5c6c(ccc54)oc4ccccc46)c(-c4nc(-c5ccccc5)nc(-c5ccccc5)n4)c3)c2)cc1. The number of hydrogen-bond acceptors (Lipinski definition) is 10. The minimum Gasteiger partial charge on any atom is -0.456 e. The zero-order chi connectivity index (χ0) is 80.0. The maximum absolute atomic E-state index is 6.43. The van der Waals surface area contributed by atoms with Crippen LogP contribution in [-0.4, -0.2) is 52.5 Å². The average Bonchev–Trinajstić information content (AvgIpc) is 0.889. The molecule has 0 aliphatic carbocycles. The second-order valence-corrected chi connectivity index (χ2v) is 34.9. The van der Waals surface area contributed by atoms with Gasteiger partial charge in [-0.3, -0.25) is 9.47 Å². The molecule has 0 atom stereocenters. The molecule has 0 unspecified atom stereocenters. The van der Waals surface area contributed by atoms with Crippen molar-refractivity contribution in [3.8, 4) is 141 Å². The van der Waals surface area contributed by atoms with Gasteiger partial charge < -0.3 is 4.42 Å². The Labute approximate surface area is 695 Å². The maximum atomic E-state index is 6.43. The molecule has 0 saturated carbocycles. The van der Waals surface area contributed by atoms with E-state index in [0.29, 0.717) is 40.8 Å². The third-order valence-electron chi connectivity index (χ3n) is 22.9. The van der Waals surface area contributed by atoms with Gasteiger partial charge in [0.2, 0.25) is 0 Å². The van der Waals surface area contributed by atoms with Gasteiger partial charge in [-0.05, 0) is 127 Å². The molecule has 0 bridgehead atoms. The smallest absolute Gasteiger partial charge is 0.167 e. The van der Waals surface area contributed by atoms with E-state index in [0.717, 1.165) is 161 Å². The van der Waals surface area contributed by atoms with Gasteiger partial charge in [-0.2, -0.15) is 0 Å². The molecule has 0 saturated heterocycles. The van der Waals surface area contributed by atoms with Crippen molar-refractivity contribution in [2.75, 3.05) is 4.90 Å². The molecule has 7 heterocycles. The molecule has 11 nitrogen and oxygen atoms in total. The maximum Gasteiger partial charge on any atom is 0.167 e. The van der Waals surface area contributed by atoms with Crippen LogP contribution in [-0.2, 0) is 0 Å². The van der Waals surface area contributed by atoms with Crippen LogP contribution in [0.4, 0.5) is 17.2 Å². The largest absolute Gasteiger partial charge is 0.456 e. The van der Waals surface area contributed by atoms with Crippen molar-refractivity contribution in [1.82, 2.24) is 44.4 Å². The van der Waals surface area contributed by atoms with Gasteiger partial charge in [0.15, 0.2) is 34.9 Å². The molecule has 0 spiro atoms. The number of rotatable bonds is 14. The molecule has 0 radical (unpaired) electrons. The van der Waals surface area contributed by atoms with Crippen molar-refractivity contribution < 1.29 is 4.42 Å². The van der Waals surface area contributed by atoms with Crippen molar-refractivity contribution in [2.45, 2.75) is 13.1 Å². The Morgan fingerprint density at radius 3 is 1.03 bits per heavy atom. The van der Waals surface area contributed by atoms with E-state index in [4.69, 9.17) is 44.3 Å². The summed E-state index contributed by atoms with van der Waals surface area (Å²) in [4.78, 5) is 44.6. The van der Waals surface area contributed by atoms with Gasteiger partial charge in [0.25, 0.3) is 0 Å². The number of para-hydroxylation sites is 4. The number of aromatic nitrogens is 9. The van der Waals surface area contributed by atoms with Gasteiger partial charge in [-0.15, -0.1) is 0 Å². The fourth-order valence-electron chi connectivity index (χ4n) is 17.1. The van der Waals surface area contributed by atoms with E-state index in [2.05, 4.69) is 314 Å². The van der Waals surface area contributed by atoms with Gasteiger partial charge in [0.05, 0.1) is 22.2 Å². The summed E-state index contributed by atoms with van der Waals surface area (Å²) in [6.45, 7) is 4.88. The Morgan fingerprint density at radius 2 is 0.583 bits per heavy atom. The summed E-state index contributed by atoms with van der Waals surface area (Å²) in [5, 5.41) is 7.07. The topological polar surface area (TPSA) is 124 Å². The van der Waals surface area contributed by atoms with Crippen LogP contribution in [0.25, 0.3) is 185 Å². The first-order chi connectivity index (χ1) is 59.3. The highest BCUT2D eigenvalue weighted by atomic mass is 28.3. The molecule has 21 aromatic rings. The normalized spacial score (nSPS) is 12.1. The van der Waals surface area contributed by atoms with Crippen LogP contribution in [0.15, 0.2) is 417 Å². The van der Waals surface area contributed by atoms with Crippen LogP contribution >= 0.6 is 0 Å². The van der Waals surface area contributed by atoms with Crippen molar-refractivity contribution in [3.63, 3.8) is 0 Å². The first kappa shape index (κ1) is 72.0. The Balaban J connectivity index is 0.000000149. The minimum absolute atomic E-state index is 0.517. The van der Waals surface area contributed by atoms with E-state index < -0.39 is 8.07 Å². The average molecular weight is 1560 g/mol. The molecule has 0 fully saturated rings. The van der Waals surface area contributed by atoms with Crippen LogP contribution in [0.3, 0.4) is 0 Å². The van der Waals surface area contributed by atoms with Gasteiger partial charge >= 0.3 is 0 Å². The summed E-state index contributed by atoms with van der Waals surface area (Å²) in [5.74, 6) is 4.90. The second-order valence-electron chi connectivity index (χ2n) is 30.5. The molecule has 120 heavy (non-hydrogen) atoms. The lowest BCUT2D eigenvalue weighted by Gasteiger charge is -2.40. The van der Waals surface area contributed by atoms with E-state index in [1.165, 1.54) is 10.4 Å². The van der Waals surface area contributed by atoms with Crippen molar-refractivity contribution in [2.24, 2.45) is 0 Å². The van der Waals surface area contributed by atoms with Crippen molar-refractivity contribution in [3.05, 3.63) is 413 Å². The number of pyridine rings is 2. The molecule has 1 aliphatic rings. The monoisotopic (exact) mass is 1550 g/mol. The molecule has 12 heteroatoms. The summed E-state index contributed by atoms with van der Waals surface area (Å²) in [6, 6.07) is 139. The standard InChI is InChI=1S/C56H35N5O.C52H39N5Si/c1-5-17-36(18-6-1)40-29-30-42(37-19-7-2-8-20-37)45(33-40)41-34-46(55-59-53(38-21-9-3-10-22-38)58-54(60-55)39-23-11-4-12-24-39)56(57-35-41)61-47-27-15-13-25-43(47)51-48(61)31-32-50-52(51)44-26-14-16-28-49(44)62-50;1-58(2)47-29-17-15-27-45(47)57(46-28-16-18-30-48(46)58)52-44(51-55-49(38-23-11-5-12-24-38)54-50(56-51)39-25-13-6-14-26-39)34-41(35-53-52)43-33-40(36-19-7-3-8-20-36)31-32-42(43)37-21-9-4-10-22-37/h1-35H;3-35H,1-2H3. The third kappa shape index (κ3) is 13.2. The molecule has 6 aromatic heterocycles. The number of nitrogens with zero attached hydrogens (tertiary/aromatic N) is 10. The summed E-state index contributed by atoms with van der Waals surface area (Å²) >= 11 is 0. The second kappa shape index (κ2) is 30.8. The molecular formula is C108H74N10OSi. The minimum atomic E-state index is -2.07. The number of fused-ring (bicyclic) bond motifs is 9. The molecule has 0 N–H and O–H groups in total. The van der Waals surface area contributed by atoms with Gasteiger partial charge in [-0.25, -0.2) is 39.9 Å². The van der Waals surface area contributed by atoms with E-state index in [-0.39, 0.29) is 0 Å². The van der Waals surface area contributed by atoms with E-state index >= 15 is 0 Å². The van der Waals surface area contributed by atoms with Gasteiger partial charge in [-0.1, -0.05) is 353 Å². The van der Waals surface area contributed by atoms with Crippen molar-refractivity contribution in [1.29, 1.82) is 0 Å². The predicted octanol–water partition coefficient (Wildman–Crippen LogP) is 26.1. The summed E-state index contributed by atoms with van der Waals surface area (Å²) < 4.78 is 8.69. The lowest BCUT2D eigenvalue weighted by atomic mass is 9.91. The van der Waals surface area contributed by atoms with E-state index in [1.807, 2.05) is 122 Å². The highest BCUT2D eigenvalue weighted by Crippen LogP contribution is 2.48. The number of furan rings is 1. The van der Waals surface area contributed by atoms with Crippen LogP contribution in [0.1, 0.15) is 0 Å². The Kier molecular flexibility index (Phi) is 18.5. The molecular weight excluding hydrogens is 1480 g/mol. The summed E-state index contributed by atoms with van der Waals surface area (Å²) in [7, 11) is -2.07. The fourth-order valence-corrected chi connectivity index (χ4v) is 20.1. The lowest BCUT2D eigenvalue weighted by Crippen LogP contribution is -2.58. The Bertz CT molecular complexity index is 7250. The molecule has 22 rings (SSSR count). The van der Waals surface area contributed by atoms with E-state index in [9.17, 15) is 0 Å². The molecule has 15 aromatic carbocycles. The van der Waals surface area contributed by atoms with Gasteiger partial charge in [0, 0.05) is 78.7 Å². The highest BCUT2D eigenvalue weighted by molar-refractivity contribution is 7.02. The Morgan fingerprint density at radius 1 is 0.233 bits per heavy atom. The Hall–Kier alpha value is -15.8. The summed E-state index contributed by atoms with van der Waals surface area (Å²) in [5.41, 5.74) is 24.2. The third-order valence-corrected chi connectivity index (χ3v) is 26.4. The van der Waals surface area contributed by atoms with Crippen molar-refractivity contribution >= 4 is 79.4 Å².